The first kappa shape index (κ1) is 20.0. The molecule has 1 amide bonds. The molecule has 1 fully saturated rings. The number of alkyl halides is 3. The molecule has 1 N–H and O–H groups in total. The summed E-state index contributed by atoms with van der Waals surface area (Å²) in [7, 11) is 0. The first-order valence-electron chi connectivity index (χ1n) is 8.59. The van der Waals surface area contributed by atoms with Gasteiger partial charge in [-0.2, -0.15) is 13.2 Å². The highest BCUT2D eigenvalue weighted by atomic mass is 19.4. The van der Waals surface area contributed by atoms with E-state index in [1.165, 1.54) is 6.07 Å². The molecule has 0 aliphatic carbocycles. The highest BCUT2D eigenvalue weighted by Gasteiger charge is 2.32. The van der Waals surface area contributed by atoms with Gasteiger partial charge in [-0.15, -0.1) is 0 Å². The van der Waals surface area contributed by atoms with Gasteiger partial charge in [0.15, 0.2) is 17.5 Å². The summed E-state index contributed by atoms with van der Waals surface area (Å²) >= 11 is 0. The van der Waals surface area contributed by atoms with Crippen LogP contribution in [0, 0.1) is 17.5 Å². The van der Waals surface area contributed by atoms with Crippen LogP contribution in [0.4, 0.5) is 37.7 Å². The van der Waals surface area contributed by atoms with Crippen LogP contribution >= 0.6 is 0 Å². The highest BCUT2D eigenvalue weighted by Crippen LogP contribution is 2.36. The van der Waals surface area contributed by atoms with E-state index in [2.05, 4.69) is 5.32 Å². The van der Waals surface area contributed by atoms with Gasteiger partial charge in [0.05, 0.1) is 22.5 Å². The number of benzene rings is 2. The van der Waals surface area contributed by atoms with Gasteiger partial charge in [0.1, 0.15) is 0 Å². The lowest BCUT2D eigenvalue weighted by Gasteiger charge is -2.31. The summed E-state index contributed by atoms with van der Waals surface area (Å²) in [5, 5.41) is 2.21. The van der Waals surface area contributed by atoms with Crippen molar-refractivity contribution in [2.24, 2.45) is 0 Å². The molecule has 0 radical (unpaired) electrons. The molecule has 0 unspecified atom stereocenters. The van der Waals surface area contributed by atoms with Crippen molar-refractivity contribution in [2.75, 3.05) is 23.3 Å². The minimum atomic E-state index is -4.65. The number of rotatable bonds is 3. The predicted molar refractivity (Wildman–Crippen MR) is 91.8 cm³/mol. The molecule has 0 atom stereocenters. The van der Waals surface area contributed by atoms with Crippen LogP contribution in [0.5, 0.6) is 0 Å². The van der Waals surface area contributed by atoms with E-state index in [-0.39, 0.29) is 5.69 Å². The summed E-state index contributed by atoms with van der Waals surface area (Å²) in [5.74, 6) is -6.17. The Bertz CT molecular complexity index is 891. The second-order valence-electron chi connectivity index (χ2n) is 6.45. The summed E-state index contributed by atoms with van der Waals surface area (Å²) in [6.07, 6.45) is -1.98. The zero-order chi connectivity index (χ0) is 20.5. The zero-order valence-electron chi connectivity index (χ0n) is 14.5. The first-order valence-corrected chi connectivity index (χ1v) is 8.59. The van der Waals surface area contributed by atoms with E-state index in [1.54, 1.807) is 0 Å². The molecule has 0 aromatic heterocycles. The third-order valence-corrected chi connectivity index (χ3v) is 4.55. The molecule has 28 heavy (non-hydrogen) atoms. The minimum absolute atomic E-state index is 0.175. The Morgan fingerprint density at radius 3 is 2.25 bits per heavy atom. The zero-order valence-corrected chi connectivity index (χ0v) is 14.5. The van der Waals surface area contributed by atoms with Crippen molar-refractivity contribution in [3.63, 3.8) is 0 Å². The summed E-state index contributed by atoms with van der Waals surface area (Å²) < 4.78 is 79.6. The van der Waals surface area contributed by atoms with Gasteiger partial charge in [-0.3, -0.25) is 4.79 Å². The summed E-state index contributed by atoms with van der Waals surface area (Å²) in [4.78, 5) is 14.2. The average molecular weight is 402 g/mol. The maximum Gasteiger partial charge on any atom is 0.416 e. The Labute approximate surface area is 157 Å². The van der Waals surface area contributed by atoms with Crippen molar-refractivity contribution in [2.45, 2.75) is 25.4 Å². The van der Waals surface area contributed by atoms with E-state index in [1.807, 2.05) is 4.90 Å². The molecule has 2 aromatic rings. The number of nitrogens with zero attached hydrogens (tertiary/aromatic N) is 1. The van der Waals surface area contributed by atoms with Gasteiger partial charge in [0, 0.05) is 13.1 Å². The normalized spacial score (nSPS) is 14.9. The van der Waals surface area contributed by atoms with E-state index in [4.69, 9.17) is 0 Å². The Balaban J connectivity index is 1.98. The fourth-order valence-electron chi connectivity index (χ4n) is 3.11. The molecule has 3 rings (SSSR count). The van der Waals surface area contributed by atoms with Gasteiger partial charge >= 0.3 is 6.18 Å². The number of anilines is 2. The van der Waals surface area contributed by atoms with Crippen LogP contribution in [0.25, 0.3) is 0 Å². The second-order valence-corrected chi connectivity index (χ2v) is 6.45. The van der Waals surface area contributed by atoms with Gasteiger partial charge in [0.25, 0.3) is 5.91 Å². The van der Waals surface area contributed by atoms with E-state index < -0.39 is 40.7 Å². The van der Waals surface area contributed by atoms with Crippen LogP contribution in [-0.4, -0.2) is 19.0 Å². The topological polar surface area (TPSA) is 32.3 Å². The van der Waals surface area contributed by atoms with E-state index >= 15 is 0 Å². The van der Waals surface area contributed by atoms with E-state index in [9.17, 15) is 31.1 Å². The number of carbonyl (C=O) groups is 1. The molecule has 1 heterocycles. The van der Waals surface area contributed by atoms with Crippen molar-refractivity contribution in [3.8, 4) is 0 Å². The van der Waals surface area contributed by atoms with Crippen LogP contribution in [-0.2, 0) is 6.18 Å². The third-order valence-electron chi connectivity index (χ3n) is 4.55. The minimum Gasteiger partial charge on any atom is -0.370 e. The monoisotopic (exact) mass is 402 g/mol. The second kappa shape index (κ2) is 7.73. The van der Waals surface area contributed by atoms with Crippen LogP contribution in [0.3, 0.4) is 0 Å². The largest absolute Gasteiger partial charge is 0.416 e. The summed E-state index contributed by atoms with van der Waals surface area (Å²) in [6.45, 7) is 1.18. The van der Waals surface area contributed by atoms with Crippen LogP contribution in [0.1, 0.15) is 35.2 Å². The molecule has 1 aliphatic heterocycles. The lowest BCUT2D eigenvalue weighted by Crippen LogP contribution is -2.30. The lowest BCUT2D eigenvalue weighted by molar-refractivity contribution is -0.137. The summed E-state index contributed by atoms with van der Waals surface area (Å²) in [5.41, 5.74) is -1.62. The Kier molecular flexibility index (Phi) is 5.53. The molecule has 150 valence electrons. The van der Waals surface area contributed by atoms with Gasteiger partial charge < -0.3 is 10.2 Å². The number of carbonyl (C=O) groups excluding carboxylic acids is 1. The number of hydrogen-bond donors (Lipinski definition) is 1. The number of nitrogens with one attached hydrogen (secondary N) is 1. The molecule has 3 nitrogen and oxygen atoms in total. The molecule has 9 heteroatoms. The van der Waals surface area contributed by atoms with Crippen LogP contribution < -0.4 is 10.2 Å². The number of hydrogen-bond acceptors (Lipinski definition) is 2. The Morgan fingerprint density at radius 2 is 1.61 bits per heavy atom. The van der Waals surface area contributed by atoms with Crippen LogP contribution in [0.2, 0.25) is 0 Å². The average Bonchev–Trinajstić information content (AvgIpc) is 2.66. The smallest absolute Gasteiger partial charge is 0.370 e. The summed E-state index contributed by atoms with van der Waals surface area (Å²) in [6, 6.07) is 4.20. The van der Waals surface area contributed by atoms with Gasteiger partial charge in [0.2, 0.25) is 0 Å². The fraction of sp³-hybridized carbons (Fsp3) is 0.316. The molecular formula is C19H16F6N2O. The predicted octanol–water partition coefficient (Wildman–Crippen LogP) is 5.37. The molecule has 0 spiro atoms. The van der Waals surface area contributed by atoms with E-state index in [0.717, 1.165) is 37.5 Å². The molecule has 0 saturated carbocycles. The standard InChI is InChI=1S/C19H16F6N2O/c20-13-6-5-12(16(21)17(13)22)18(28)26-14-10-11(19(23,24)25)4-7-15(14)27-8-2-1-3-9-27/h4-7,10H,1-3,8-9H2,(H,26,28). The van der Waals surface area contributed by atoms with Gasteiger partial charge in [-0.1, -0.05) is 0 Å². The first-order chi connectivity index (χ1) is 13.2. The number of amides is 1. The van der Waals surface area contributed by atoms with E-state index in [0.29, 0.717) is 24.8 Å². The van der Waals surface area contributed by atoms with Crippen molar-refractivity contribution >= 4 is 17.3 Å². The third kappa shape index (κ3) is 4.07. The maximum atomic E-state index is 13.9. The molecule has 1 aliphatic rings. The van der Waals surface area contributed by atoms with Crippen molar-refractivity contribution in [1.29, 1.82) is 0 Å². The number of piperidine rings is 1. The van der Waals surface area contributed by atoms with Crippen molar-refractivity contribution in [3.05, 3.63) is 58.9 Å². The lowest BCUT2D eigenvalue weighted by atomic mass is 10.1. The quantitative estimate of drug-likeness (QED) is 0.553. The van der Waals surface area contributed by atoms with Crippen molar-refractivity contribution in [1.82, 2.24) is 0 Å². The highest BCUT2D eigenvalue weighted by molar-refractivity contribution is 6.06. The maximum absolute atomic E-state index is 13.9. The molecule has 2 aromatic carbocycles. The molecule has 0 bridgehead atoms. The van der Waals surface area contributed by atoms with Crippen LogP contribution in [0.15, 0.2) is 30.3 Å². The Morgan fingerprint density at radius 1 is 0.929 bits per heavy atom. The molecule has 1 saturated heterocycles. The molecular weight excluding hydrogens is 386 g/mol. The Hall–Kier alpha value is -2.71. The van der Waals surface area contributed by atoms with Crippen molar-refractivity contribution < 1.29 is 31.1 Å². The SMILES string of the molecule is O=C(Nc1cc(C(F)(F)F)ccc1N1CCCCC1)c1ccc(F)c(F)c1F. The fourth-order valence-corrected chi connectivity index (χ4v) is 3.11. The van der Waals surface area contributed by atoms with Gasteiger partial charge in [-0.25, -0.2) is 13.2 Å². The van der Waals surface area contributed by atoms with Gasteiger partial charge in [-0.05, 0) is 49.6 Å². The number of halogens is 6.